The highest BCUT2D eigenvalue weighted by Gasteiger charge is 2.37. The van der Waals surface area contributed by atoms with Crippen molar-refractivity contribution in [3.05, 3.63) is 0 Å². The normalized spacial score (nSPS) is 25.8. The van der Waals surface area contributed by atoms with Crippen LogP contribution in [0.4, 0.5) is 0 Å². The first kappa shape index (κ1) is 12.4. The second-order valence-electron chi connectivity index (χ2n) is 4.99. The molecule has 5 nitrogen and oxygen atoms in total. The molecule has 1 heterocycles. The number of hydrogen-bond donors (Lipinski definition) is 2. The SMILES string of the molecule is CCC(N)C(=O)N1CCCC1C(=O)NC1CC1. The van der Waals surface area contributed by atoms with Crippen molar-refractivity contribution in [3.8, 4) is 0 Å². The van der Waals surface area contributed by atoms with Crippen LogP contribution in [0.25, 0.3) is 0 Å². The largest absolute Gasteiger partial charge is 0.352 e. The van der Waals surface area contributed by atoms with Gasteiger partial charge in [0.2, 0.25) is 11.8 Å². The molecule has 0 aromatic rings. The minimum atomic E-state index is -0.468. The highest BCUT2D eigenvalue weighted by Crippen LogP contribution is 2.22. The van der Waals surface area contributed by atoms with Crippen LogP contribution in [0.5, 0.6) is 0 Å². The average Bonchev–Trinajstić information content (AvgIpc) is 2.99. The summed E-state index contributed by atoms with van der Waals surface area (Å²) in [6.45, 7) is 2.55. The van der Waals surface area contributed by atoms with Crippen molar-refractivity contribution in [1.82, 2.24) is 10.2 Å². The molecule has 0 radical (unpaired) electrons. The Bertz CT molecular complexity index is 315. The molecule has 2 aliphatic rings. The Morgan fingerprint density at radius 3 is 2.71 bits per heavy atom. The smallest absolute Gasteiger partial charge is 0.243 e. The lowest BCUT2D eigenvalue weighted by Crippen LogP contribution is -2.51. The highest BCUT2D eigenvalue weighted by atomic mass is 16.2. The maximum absolute atomic E-state index is 12.0. The van der Waals surface area contributed by atoms with E-state index < -0.39 is 6.04 Å². The summed E-state index contributed by atoms with van der Waals surface area (Å²) < 4.78 is 0. The summed E-state index contributed by atoms with van der Waals surface area (Å²) in [7, 11) is 0. The number of rotatable bonds is 4. The molecule has 5 heteroatoms. The molecule has 2 unspecified atom stereocenters. The summed E-state index contributed by atoms with van der Waals surface area (Å²) in [5, 5.41) is 2.96. The zero-order valence-electron chi connectivity index (χ0n) is 10.3. The first-order chi connectivity index (χ1) is 8.13. The lowest BCUT2D eigenvalue weighted by Gasteiger charge is -2.26. The molecule has 0 aromatic carbocycles. The predicted octanol–water partition coefficient (Wildman–Crippen LogP) is -0.00670. The summed E-state index contributed by atoms with van der Waals surface area (Å²) >= 11 is 0. The van der Waals surface area contributed by atoms with Crippen LogP contribution in [0.15, 0.2) is 0 Å². The van der Waals surface area contributed by atoms with Crippen LogP contribution in [-0.2, 0) is 9.59 Å². The fourth-order valence-corrected chi connectivity index (χ4v) is 2.22. The van der Waals surface area contributed by atoms with Crippen molar-refractivity contribution in [1.29, 1.82) is 0 Å². The number of hydrogen-bond acceptors (Lipinski definition) is 3. The minimum Gasteiger partial charge on any atom is -0.352 e. The molecule has 2 atom stereocenters. The minimum absolute atomic E-state index is 0.00153. The maximum Gasteiger partial charge on any atom is 0.243 e. The Hall–Kier alpha value is -1.10. The third-order valence-electron chi connectivity index (χ3n) is 3.52. The van der Waals surface area contributed by atoms with E-state index in [0.717, 1.165) is 25.7 Å². The van der Waals surface area contributed by atoms with Gasteiger partial charge in [-0.05, 0) is 32.1 Å². The van der Waals surface area contributed by atoms with Crippen LogP contribution in [0.3, 0.4) is 0 Å². The highest BCUT2D eigenvalue weighted by molar-refractivity contribution is 5.90. The van der Waals surface area contributed by atoms with Crippen molar-refractivity contribution in [2.45, 2.75) is 57.2 Å². The first-order valence-electron chi connectivity index (χ1n) is 6.50. The van der Waals surface area contributed by atoms with Crippen LogP contribution in [-0.4, -0.2) is 41.4 Å². The van der Waals surface area contributed by atoms with Gasteiger partial charge in [0, 0.05) is 12.6 Å². The maximum atomic E-state index is 12.0. The summed E-state index contributed by atoms with van der Waals surface area (Å²) in [5.41, 5.74) is 5.75. The van der Waals surface area contributed by atoms with Gasteiger partial charge >= 0.3 is 0 Å². The molecule has 1 aliphatic carbocycles. The van der Waals surface area contributed by atoms with E-state index in [4.69, 9.17) is 5.73 Å². The number of likely N-dealkylation sites (tertiary alicyclic amines) is 1. The molecular formula is C12H21N3O2. The third-order valence-corrected chi connectivity index (χ3v) is 3.52. The molecule has 1 saturated carbocycles. The molecule has 3 N–H and O–H groups in total. The van der Waals surface area contributed by atoms with E-state index in [0.29, 0.717) is 19.0 Å². The van der Waals surface area contributed by atoms with E-state index >= 15 is 0 Å². The van der Waals surface area contributed by atoms with E-state index in [-0.39, 0.29) is 17.9 Å². The second kappa shape index (κ2) is 5.04. The second-order valence-corrected chi connectivity index (χ2v) is 4.99. The molecular weight excluding hydrogens is 218 g/mol. The van der Waals surface area contributed by atoms with Gasteiger partial charge in [-0.2, -0.15) is 0 Å². The predicted molar refractivity (Wildman–Crippen MR) is 64.2 cm³/mol. The van der Waals surface area contributed by atoms with E-state index in [2.05, 4.69) is 5.32 Å². The molecule has 2 rings (SSSR count). The standard InChI is InChI=1S/C12H21N3O2/c1-2-9(13)12(17)15-7-3-4-10(15)11(16)14-8-5-6-8/h8-10H,2-7,13H2,1H3,(H,14,16). The number of nitrogens with zero attached hydrogens (tertiary/aromatic N) is 1. The van der Waals surface area contributed by atoms with Crippen LogP contribution in [0, 0.1) is 0 Å². The molecule has 0 spiro atoms. The lowest BCUT2D eigenvalue weighted by molar-refractivity contribution is -0.139. The number of carbonyl (C=O) groups excluding carboxylic acids is 2. The van der Waals surface area contributed by atoms with Gasteiger partial charge in [0.15, 0.2) is 0 Å². The van der Waals surface area contributed by atoms with Gasteiger partial charge in [0.25, 0.3) is 0 Å². The molecule has 0 aromatic heterocycles. The fraction of sp³-hybridized carbons (Fsp3) is 0.833. The zero-order chi connectivity index (χ0) is 12.4. The fourth-order valence-electron chi connectivity index (χ4n) is 2.22. The van der Waals surface area contributed by atoms with Crippen LogP contribution >= 0.6 is 0 Å². The van der Waals surface area contributed by atoms with Crippen molar-refractivity contribution < 1.29 is 9.59 Å². The van der Waals surface area contributed by atoms with Crippen LogP contribution in [0.2, 0.25) is 0 Å². The molecule has 2 fully saturated rings. The van der Waals surface area contributed by atoms with Gasteiger partial charge in [0.1, 0.15) is 6.04 Å². The number of amides is 2. The topological polar surface area (TPSA) is 75.4 Å². The number of carbonyl (C=O) groups is 2. The van der Waals surface area contributed by atoms with E-state index in [1.807, 2.05) is 6.92 Å². The monoisotopic (exact) mass is 239 g/mol. The molecule has 17 heavy (non-hydrogen) atoms. The molecule has 96 valence electrons. The van der Waals surface area contributed by atoms with Crippen molar-refractivity contribution in [2.24, 2.45) is 5.73 Å². The lowest BCUT2D eigenvalue weighted by atomic mass is 10.1. The molecule has 0 bridgehead atoms. The number of nitrogens with two attached hydrogens (primary N) is 1. The zero-order valence-corrected chi connectivity index (χ0v) is 10.3. The Balaban J connectivity index is 1.95. The molecule has 1 aliphatic heterocycles. The third kappa shape index (κ3) is 2.77. The number of nitrogens with one attached hydrogen (secondary N) is 1. The van der Waals surface area contributed by atoms with Gasteiger partial charge in [-0.15, -0.1) is 0 Å². The van der Waals surface area contributed by atoms with Gasteiger partial charge in [-0.25, -0.2) is 0 Å². The van der Waals surface area contributed by atoms with Crippen molar-refractivity contribution in [3.63, 3.8) is 0 Å². The van der Waals surface area contributed by atoms with E-state index in [1.165, 1.54) is 0 Å². The van der Waals surface area contributed by atoms with Crippen molar-refractivity contribution in [2.75, 3.05) is 6.54 Å². The summed E-state index contributed by atoms with van der Waals surface area (Å²) in [6, 6.07) is -0.412. The Morgan fingerprint density at radius 1 is 1.41 bits per heavy atom. The summed E-state index contributed by atoms with van der Waals surface area (Å²) in [5.74, 6) is -0.0809. The van der Waals surface area contributed by atoms with Crippen molar-refractivity contribution >= 4 is 11.8 Å². The van der Waals surface area contributed by atoms with Gasteiger partial charge in [0.05, 0.1) is 6.04 Å². The van der Waals surface area contributed by atoms with E-state index in [9.17, 15) is 9.59 Å². The average molecular weight is 239 g/mol. The molecule has 1 saturated heterocycles. The van der Waals surface area contributed by atoms with Gasteiger partial charge in [-0.3, -0.25) is 9.59 Å². The molecule has 2 amide bonds. The Morgan fingerprint density at radius 2 is 2.12 bits per heavy atom. The van der Waals surface area contributed by atoms with E-state index in [1.54, 1.807) is 4.90 Å². The first-order valence-corrected chi connectivity index (χ1v) is 6.50. The summed E-state index contributed by atoms with van der Waals surface area (Å²) in [6.07, 6.45) is 4.42. The van der Waals surface area contributed by atoms with Crippen LogP contribution in [0.1, 0.15) is 39.0 Å². The Kier molecular flexibility index (Phi) is 3.66. The summed E-state index contributed by atoms with van der Waals surface area (Å²) in [4.78, 5) is 25.6. The van der Waals surface area contributed by atoms with Crippen LogP contribution < -0.4 is 11.1 Å². The van der Waals surface area contributed by atoms with Gasteiger partial charge in [-0.1, -0.05) is 6.92 Å². The Labute approximate surface area is 102 Å². The quantitative estimate of drug-likeness (QED) is 0.724. The van der Waals surface area contributed by atoms with Gasteiger partial charge < -0.3 is 16.0 Å².